The van der Waals surface area contributed by atoms with Crippen LogP contribution in [0.2, 0.25) is 0 Å². The standard InChI is InChI=1S/C16H23N3O.ClH/c1-18-9-11-19(12-10-18)8-2-3-13-20-16-6-4-15(14-17)5-7-16;/h4-7H,2-3,8-13H2,1H3;1H. The van der Waals surface area contributed by atoms with E-state index in [1.807, 2.05) is 12.1 Å². The van der Waals surface area contributed by atoms with Gasteiger partial charge in [-0.25, -0.2) is 0 Å². The molecule has 5 heteroatoms. The zero-order valence-electron chi connectivity index (χ0n) is 12.6. The molecule has 0 atom stereocenters. The second-order valence-corrected chi connectivity index (χ2v) is 5.34. The van der Waals surface area contributed by atoms with Crippen molar-refractivity contribution < 1.29 is 4.74 Å². The molecule has 0 N–H and O–H groups in total. The van der Waals surface area contributed by atoms with E-state index in [2.05, 4.69) is 22.9 Å². The fraction of sp³-hybridized carbons (Fsp3) is 0.562. The molecule has 0 unspecified atom stereocenters. The van der Waals surface area contributed by atoms with Crippen LogP contribution >= 0.6 is 12.4 Å². The number of rotatable bonds is 6. The van der Waals surface area contributed by atoms with Crippen LogP contribution in [-0.2, 0) is 0 Å². The highest BCUT2D eigenvalue weighted by Gasteiger charge is 2.12. The monoisotopic (exact) mass is 309 g/mol. The predicted molar refractivity (Wildman–Crippen MR) is 87.1 cm³/mol. The number of hydrogen-bond acceptors (Lipinski definition) is 4. The quantitative estimate of drug-likeness (QED) is 0.757. The summed E-state index contributed by atoms with van der Waals surface area (Å²) in [6.07, 6.45) is 2.26. The molecule has 116 valence electrons. The van der Waals surface area contributed by atoms with Crippen molar-refractivity contribution in [2.45, 2.75) is 12.8 Å². The minimum atomic E-state index is 0. The van der Waals surface area contributed by atoms with Crippen LogP contribution in [0.3, 0.4) is 0 Å². The molecule has 1 aromatic rings. The summed E-state index contributed by atoms with van der Waals surface area (Å²) in [7, 11) is 2.18. The molecule has 1 aromatic carbocycles. The van der Waals surface area contributed by atoms with Gasteiger partial charge >= 0.3 is 0 Å². The van der Waals surface area contributed by atoms with Crippen LogP contribution in [0.5, 0.6) is 5.75 Å². The van der Waals surface area contributed by atoms with Crippen LogP contribution in [-0.4, -0.2) is 56.2 Å². The maximum atomic E-state index is 8.72. The van der Waals surface area contributed by atoms with E-state index in [0.717, 1.165) is 18.8 Å². The number of hydrogen-bond donors (Lipinski definition) is 0. The maximum Gasteiger partial charge on any atom is 0.119 e. The first kappa shape index (κ1) is 17.8. The fourth-order valence-corrected chi connectivity index (χ4v) is 2.32. The van der Waals surface area contributed by atoms with Gasteiger partial charge in [-0.1, -0.05) is 0 Å². The lowest BCUT2D eigenvalue weighted by atomic mass is 10.2. The molecule has 1 heterocycles. The van der Waals surface area contributed by atoms with Crippen LogP contribution in [0.4, 0.5) is 0 Å². The molecule has 1 aliphatic heterocycles. The first-order valence-corrected chi connectivity index (χ1v) is 7.32. The van der Waals surface area contributed by atoms with E-state index in [-0.39, 0.29) is 12.4 Å². The number of piperazine rings is 1. The van der Waals surface area contributed by atoms with E-state index in [1.165, 1.54) is 39.1 Å². The minimum Gasteiger partial charge on any atom is -0.494 e. The Balaban J connectivity index is 0.00000220. The van der Waals surface area contributed by atoms with Crippen LogP contribution in [0.1, 0.15) is 18.4 Å². The van der Waals surface area contributed by atoms with E-state index >= 15 is 0 Å². The molecule has 4 nitrogen and oxygen atoms in total. The number of unbranched alkanes of at least 4 members (excludes halogenated alkanes) is 1. The number of nitriles is 1. The van der Waals surface area contributed by atoms with Gasteiger partial charge in [0.15, 0.2) is 0 Å². The van der Waals surface area contributed by atoms with Crippen molar-refractivity contribution in [3.05, 3.63) is 29.8 Å². The van der Waals surface area contributed by atoms with Crippen molar-refractivity contribution in [3.8, 4) is 11.8 Å². The molecule has 0 amide bonds. The van der Waals surface area contributed by atoms with Crippen LogP contribution < -0.4 is 4.74 Å². The third-order valence-corrected chi connectivity index (χ3v) is 3.72. The highest BCUT2D eigenvalue weighted by atomic mass is 35.5. The highest BCUT2D eigenvalue weighted by Crippen LogP contribution is 2.12. The average molecular weight is 310 g/mol. The molecule has 2 rings (SSSR count). The second kappa shape index (κ2) is 9.62. The topological polar surface area (TPSA) is 39.5 Å². The molecule has 0 spiro atoms. The molecule has 0 radical (unpaired) electrons. The molecular formula is C16H24ClN3O. The van der Waals surface area contributed by atoms with E-state index < -0.39 is 0 Å². The number of benzene rings is 1. The molecule has 0 aromatic heterocycles. The largest absolute Gasteiger partial charge is 0.494 e. The molecule has 21 heavy (non-hydrogen) atoms. The lowest BCUT2D eigenvalue weighted by Gasteiger charge is -2.32. The molecule has 0 saturated carbocycles. The zero-order chi connectivity index (χ0) is 14.2. The Labute approximate surface area is 133 Å². The van der Waals surface area contributed by atoms with Crippen molar-refractivity contribution in [3.63, 3.8) is 0 Å². The van der Waals surface area contributed by atoms with Crippen LogP contribution in [0, 0.1) is 11.3 Å². The highest BCUT2D eigenvalue weighted by molar-refractivity contribution is 5.85. The minimum absolute atomic E-state index is 0. The SMILES string of the molecule is CN1CCN(CCCCOc2ccc(C#N)cc2)CC1.Cl. The van der Waals surface area contributed by atoms with Gasteiger partial charge < -0.3 is 14.5 Å². The van der Waals surface area contributed by atoms with E-state index in [1.54, 1.807) is 12.1 Å². The van der Waals surface area contributed by atoms with E-state index in [4.69, 9.17) is 10.00 Å². The maximum absolute atomic E-state index is 8.72. The van der Waals surface area contributed by atoms with Gasteiger partial charge in [-0.05, 0) is 50.7 Å². The lowest BCUT2D eigenvalue weighted by molar-refractivity contribution is 0.150. The van der Waals surface area contributed by atoms with Gasteiger partial charge in [0.05, 0.1) is 18.2 Å². The van der Waals surface area contributed by atoms with Gasteiger partial charge in [0.1, 0.15) is 5.75 Å². The molecule has 1 fully saturated rings. The number of nitrogens with zero attached hydrogens (tertiary/aromatic N) is 3. The number of ether oxygens (including phenoxy) is 1. The Hall–Kier alpha value is -1.28. The summed E-state index contributed by atoms with van der Waals surface area (Å²) in [5, 5.41) is 8.72. The Morgan fingerprint density at radius 1 is 1.10 bits per heavy atom. The Morgan fingerprint density at radius 2 is 1.76 bits per heavy atom. The van der Waals surface area contributed by atoms with Crippen molar-refractivity contribution in [1.82, 2.24) is 9.80 Å². The predicted octanol–water partition coefficient (Wildman–Crippen LogP) is 2.39. The van der Waals surface area contributed by atoms with Gasteiger partial charge in [0.2, 0.25) is 0 Å². The van der Waals surface area contributed by atoms with Gasteiger partial charge in [-0.15, -0.1) is 12.4 Å². The first-order valence-electron chi connectivity index (χ1n) is 7.32. The lowest BCUT2D eigenvalue weighted by Crippen LogP contribution is -2.44. The van der Waals surface area contributed by atoms with E-state index in [9.17, 15) is 0 Å². The Morgan fingerprint density at radius 3 is 2.38 bits per heavy atom. The van der Waals surface area contributed by atoms with E-state index in [0.29, 0.717) is 5.56 Å². The normalized spacial score (nSPS) is 16.0. The molecule has 1 aliphatic rings. The molecule has 0 aliphatic carbocycles. The number of likely N-dealkylation sites (N-methyl/N-ethyl adjacent to an activating group) is 1. The van der Waals surface area contributed by atoms with Crippen molar-refractivity contribution in [2.24, 2.45) is 0 Å². The third-order valence-electron chi connectivity index (χ3n) is 3.72. The Kier molecular flexibility index (Phi) is 8.14. The summed E-state index contributed by atoms with van der Waals surface area (Å²) < 4.78 is 5.68. The summed E-state index contributed by atoms with van der Waals surface area (Å²) in [6.45, 7) is 6.66. The van der Waals surface area contributed by atoms with Crippen molar-refractivity contribution in [1.29, 1.82) is 5.26 Å². The van der Waals surface area contributed by atoms with Crippen molar-refractivity contribution >= 4 is 12.4 Å². The fourth-order valence-electron chi connectivity index (χ4n) is 2.32. The summed E-state index contributed by atoms with van der Waals surface area (Å²) in [4.78, 5) is 4.91. The zero-order valence-corrected chi connectivity index (χ0v) is 13.4. The second-order valence-electron chi connectivity index (χ2n) is 5.34. The molecule has 1 saturated heterocycles. The van der Waals surface area contributed by atoms with Crippen LogP contribution in [0.25, 0.3) is 0 Å². The first-order chi connectivity index (χ1) is 9.78. The van der Waals surface area contributed by atoms with Gasteiger partial charge in [-0.2, -0.15) is 5.26 Å². The Bertz CT molecular complexity index is 436. The van der Waals surface area contributed by atoms with Gasteiger partial charge in [0, 0.05) is 26.2 Å². The van der Waals surface area contributed by atoms with Crippen LogP contribution in [0.15, 0.2) is 24.3 Å². The summed E-state index contributed by atoms with van der Waals surface area (Å²) >= 11 is 0. The molecule has 0 bridgehead atoms. The molecular weight excluding hydrogens is 286 g/mol. The summed E-state index contributed by atoms with van der Waals surface area (Å²) in [5.41, 5.74) is 0.674. The summed E-state index contributed by atoms with van der Waals surface area (Å²) in [6, 6.07) is 9.41. The van der Waals surface area contributed by atoms with Gasteiger partial charge in [-0.3, -0.25) is 0 Å². The third kappa shape index (κ3) is 6.34. The smallest absolute Gasteiger partial charge is 0.119 e. The van der Waals surface area contributed by atoms with Crippen molar-refractivity contribution in [2.75, 3.05) is 46.4 Å². The number of halogens is 1. The van der Waals surface area contributed by atoms with Gasteiger partial charge in [0.25, 0.3) is 0 Å². The summed E-state index contributed by atoms with van der Waals surface area (Å²) in [5.74, 6) is 0.851. The average Bonchev–Trinajstić information content (AvgIpc) is 2.49.